The molecule has 0 unspecified atom stereocenters. The van der Waals surface area contributed by atoms with E-state index in [2.05, 4.69) is 10.1 Å². The van der Waals surface area contributed by atoms with Crippen molar-refractivity contribution < 1.29 is 19.0 Å². The van der Waals surface area contributed by atoms with Gasteiger partial charge in [0.1, 0.15) is 19.0 Å². The molecule has 0 radical (unpaired) electrons. The van der Waals surface area contributed by atoms with Crippen LogP contribution in [0.15, 0.2) is 58.1 Å². The van der Waals surface area contributed by atoms with E-state index in [9.17, 15) is 4.79 Å². The molecule has 0 aliphatic carbocycles. The van der Waals surface area contributed by atoms with Gasteiger partial charge in [-0.3, -0.25) is 10.2 Å². The quantitative estimate of drug-likeness (QED) is 0.474. The molecule has 0 aromatic heterocycles. The van der Waals surface area contributed by atoms with E-state index in [1.165, 1.54) is 23.9 Å². The Bertz CT molecular complexity index is 1180. The Balaban J connectivity index is 1.45. The number of ether oxygens (including phenoxy) is 3. The molecule has 32 heavy (non-hydrogen) atoms. The van der Waals surface area contributed by atoms with Crippen LogP contribution in [0.25, 0.3) is 6.08 Å². The summed E-state index contributed by atoms with van der Waals surface area (Å²) < 4.78 is 16.8. The van der Waals surface area contributed by atoms with Crippen molar-refractivity contribution in [2.75, 3.05) is 20.3 Å². The second kappa shape index (κ2) is 9.46. The Morgan fingerprint density at radius 1 is 1.12 bits per heavy atom. The first-order valence-corrected chi connectivity index (χ1v) is 10.8. The topological polar surface area (TPSA) is 96.6 Å². The molecule has 2 aliphatic heterocycles. The fourth-order valence-electron chi connectivity index (χ4n) is 3.01. The lowest BCUT2D eigenvalue weighted by molar-refractivity contribution is -0.114. The second-order valence-electron chi connectivity index (χ2n) is 6.68. The minimum atomic E-state index is -0.477. The first kappa shape index (κ1) is 21.9. The van der Waals surface area contributed by atoms with Gasteiger partial charge >= 0.3 is 0 Å². The van der Waals surface area contributed by atoms with Crippen molar-refractivity contribution in [2.24, 2.45) is 10.1 Å². The zero-order valence-electron chi connectivity index (χ0n) is 17.3. The molecule has 1 amide bonds. The van der Waals surface area contributed by atoms with Crippen LogP contribution in [0.3, 0.4) is 0 Å². The van der Waals surface area contributed by atoms with E-state index < -0.39 is 5.91 Å². The summed E-state index contributed by atoms with van der Waals surface area (Å²) in [6.07, 6.45) is 1.59. The highest BCUT2D eigenvalue weighted by molar-refractivity contribution is 8.26. The van der Waals surface area contributed by atoms with Gasteiger partial charge < -0.3 is 14.2 Å². The molecule has 0 atom stereocenters. The molecule has 10 heteroatoms. The lowest BCUT2D eigenvalue weighted by atomic mass is 10.1. The van der Waals surface area contributed by atoms with Crippen molar-refractivity contribution >= 4 is 51.4 Å². The number of rotatable bonds is 7. The van der Waals surface area contributed by atoms with Crippen LogP contribution >= 0.6 is 23.4 Å². The molecule has 8 nitrogen and oxygen atoms in total. The third-order valence-corrected chi connectivity index (χ3v) is 5.63. The van der Waals surface area contributed by atoms with Crippen molar-refractivity contribution in [3.63, 3.8) is 0 Å². The maximum Gasteiger partial charge on any atom is 0.283 e. The van der Waals surface area contributed by atoms with Crippen LogP contribution in [0.2, 0.25) is 5.02 Å². The standard InChI is InChI=1S/C22H19ClN4O4S/c1-13-26-27-20(24)15(21(28)25-22(27)32-13)11-14-7-8-18(19(12-14)29-2)31-10-9-30-17-6-4-3-5-16(17)23/h3-8,11-12,24H,9-10H2,1-2H3. The largest absolute Gasteiger partial charge is 0.493 e. The van der Waals surface area contributed by atoms with Gasteiger partial charge in [0, 0.05) is 0 Å². The van der Waals surface area contributed by atoms with Gasteiger partial charge in [0.2, 0.25) is 5.17 Å². The Morgan fingerprint density at radius 3 is 2.62 bits per heavy atom. The number of benzene rings is 2. The molecule has 2 aliphatic rings. The predicted molar refractivity (Wildman–Crippen MR) is 126 cm³/mol. The lowest BCUT2D eigenvalue weighted by Crippen LogP contribution is -2.35. The molecular weight excluding hydrogens is 452 g/mol. The van der Waals surface area contributed by atoms with Crippen molar-refractivity contribution in [1.82, 2.24) is 5.01 Å². The number of carbonyl (C=O) groups excluding carboxylic acids is 1. The van der Waals surface area contributed by atoms with Gasteiger partial charge in [-0.05, 0) is 54.6 Å². The van der Waals surface area contributed by atoms with E-state index in [-0.39, 0.29) is 18.0 Å². The number of nitrogens with one attached hydrogen (secondary N) is 1. The highest BCUT2D eigenvalue weighted by Crippen LogP contribution is 2.31. The van der Waals surface area contributed by atoms with Gasteiger partial charge in [0.05, 0.1) is 22.7 Å². The van der Waals surface area contributed by atoms with E-state index in [0.717, 1.165) is 5.04 Å². The van der Waals surface area contributed by atoms with Gasteiger partial charge in [-0.15, -0.1) is 0 Å². The van der Waals surface area contributed by atoms with E-state index in [1.54, 1.807) is 43.3 Å². The van der Waals surface area contributed by atoms with Crippen LogP contribution in [0.5, 0.6) is 17.2 Å². The summed E-state index contributed by atoms with van der Waals surface area (Å²) in [6, 6.07) is 12.5. The third kappa shape index (κ3) is 4.63. The zero-order valence-corrected chi connectivity index (χ0v) is 18.9. The number of methoxy groups -OCH3 is 1. The Hall–Kier alpha value is -3.30. The minimum absolute atomic E-state index is 0.0136. The summed E-state index contributed by atoms with van der Waals surface area (Å²) in [6.45, 7) is 2.39. The number of amidine groups is 2. The number of amides is 1. The van der Waals surface area contributed by atoms with Crippen LogP contribution in [0.1, 0.15) is 12.5 Å². The first-order chi connectivity index (χ1) is 15.5. The average molecular weight is 471 g/mol. The third-order valence-electron chi connectivity index (χ3n) is 4.49. The number of nitrogens with zero attached hydrogens (tertiary/aromatic N) is 3. The molecular formula is C22H19ClN4O4S. The fraction of sp³-hybridized carbons (Fsp3) is 0.182. The normalized spacial score (nSPS) is 16.6. The molecule has 0 saturated carbocycles. The van der Waals surface area contributed by atoms with E-state index in [0.29, 0.717) is 39.6 Å². The van der Waals surface area contributed by atoms with Crippen molar-refractivity contribution in [1.29, 1.82) is 5.41 Å². The summed E-state index contributed by atoms with van der Waals surface area (Å²) in [7, 11) is 1.53. The summed E-state index contributed by atoms with van der Waals surface area (Å²) in [4.78, 5) is 16.5. The smallest absolute Gasteiger partial charge is 0.283 e. The molecule has 1 N–H and O–H groups in total. The van der Waals surface area contributed by atoms with Gasteiger partial charge in [-0.1, -0.05) is 29.8 Å². The number of thioether (sulfide) groups is 1. The van der Waals surface area contributed by atoms with Gasteiger partial charge in [-0.25, -0.2) is 0 Å². The Kier molecular flexibility index (Phi) is 6.48. The zero-order chi connectivity index (χ0) is 22.7. The van der Waals surface area contributed by atoms with Gasteiger partial charge in [0.25, 0.3) is 5.91 Å². The Morgan fingerprint density at radius 2 is 1.88 bits per heavy atom. The van der Waals surface area contributed by atoms with Crippen LogP contribution in [0.4, 0.5) is 0 Å². The SMILES string of the molecule is COc1cc(C=C2C(=N)N3N=C(C)SC3=NC2=O)ccc1OCCOc1ccccc1Cl. The number of hydrogen-bond donors (Lipinski definition) is 1. The summed E-state index contributed by atoms with van der Waals surface area (Å²) in [5.41, 5.74) is 0.817. The Labute approximate surface area is 194 Å². The van der Waals surface area contributed by atoms with Crippen LogP contribution in [-0.2, 0) is 4.79 Å². The number of para-hydroxylation sites is 1. The molecule has 164 valence electrons. The van der Waals surface area contributed by atoms with Gasteiger partial charge in [-0.2, -0.15) is 15.1 Å². The van der Waals surface area contributed by atoms with Crippen LogP contribution < -0.4 is 14.2 Å². The molecule has 0 saturated heterocycles. The van der Waals surface area contributed by atoms with Crippen molar-refractivity contribution in [3.8, 4) is 17.2 Å². The molecule has 2 aromatic rings. The van der Waals surface area contributed by atoms with Crippen molar-refractivity contribution in [3.05, 3.63) is 58.6 Å². The van der Waals surface area contributed by atoms with Crippen LogP contribution in [-0.4, -0.2) is 47.3 Å². The highest BCUT2D eigenvalue weighted by Gasteiger charge is 2.34. The number of carbonyl (C=O) groups is 1. The first-order valence-electron chi connectivity index (χ1n) is 9.61. The number of halogens is 1. The molecule has 0 fully saturated rings. The number of hydrazone groups is 1. The number of aliphatic imine (C=N–C) groups is 1. The van der Waals surface area contributed by atoms with Gasteiger partial charge in [0.15, 0.2) is 17.3 Å². The van der Waals surface area contributed by atoms with Crippen LogP contribution in [0, 0.1) is 5.41 Å². The minimum Gasteiger partial charge on any atom is -0.493 e. The molecule has 4 rings (SSSR count). The number of hydrogen-bond acceptors (Lipinski definition) is 7. The second-order valence-corrected chi connectivity index (χ2v) is 8.24. The molecule has 0 bridgehead atoms. The maximum atomic E-state index is 12.4. The lowest BCUT2D eigenvalue weighted by Gasteiger charge is -2.20. The molecule has 2 heterocycles. The summed E-state index contributed by atoms with van der Waals surface area (Å²) in [5.74, 6) is 1.11. The maximum absolute atomic E-state index is 12.4. The van der Waals surface area contributed by atoms with Crippen molar-refractivity contribution in [2.45, 2.75) is 6.92 Å². The summed E-state index contributed by atoms with van der Waals surface area (Å²) >= 11 is 7.34. The van der Waals surface area contributed by atoms with E-state index >= 15 is 0 Å². The highest BCUT2D eigenvalue weighted by atomic mass is 35.5. The number of fused-ring (bicyclic) bond motifs is 1. The fourth-order valence-corrected chi connectivity index (χ4v) is 3.94. The predicted octanol–water partition coefficient (Wildman–Crippen LogP) is 4.45. The van der Waals surface area contributed by atoms with E-state index in [4.69, 9.17) is 31.2 Å². The average Bonchev–Trinajstić information content (AvgIpc) is 3.16. The molecule has 2 aromatic carbocycles. The monoisotopic (exact) mass is 470 g/mol. The van der Waals surface area contributed by atoms with E-state index in [1.807, 2.05) is 12.1 Å². The summed E-state index contributed by atoms with van der Waals surface area (Å²) in [5, 5.41) is 15.6. The molecule has 0 spiro atoms.